The Balaban J connectivity index is 0.000000193. The summed E-state index contributed by atoms with van der Waals surface area (Å²) < 4.78 is 1.80. The van der Waals surface area contributed by atoms with Gasteiger partial charge in [-0.3, -0.25) is 4.99 Å². The number of aryl methyl sites for hydroxylation is 6. The summed E-state index contributed by atoms with van der Waals surface area (Å²) in [5.74, 6) is 1.42. The molecule has 6 heteroatoms. The van der Waals surface area contributed by atoms with Crippen LogP contribution in [0.4, 0.5) is 17.1 Å². The predicted octanol–water partition coefficient (Wildman–Crippen LogP) is 11.5. The van der Waals surface area contributed by atoms with Crippen LogP contribution in [0.2, 0.25) is 0 Å². The van der Waals surface area contributed by atoms with Gasteiger partial charge in [0.2, 0.25) is 0 Å². The molecule has 1 fully saturated rings. The van der Waals surface area contributed by atoms with Crippen LogP contribution in [0.15, 0.2) is 96.0 Å². The molecule has 6 rings (SSSR count). The SMILES string of the molecule is CC(C)c1cccc(C(C)C)c1N=Cc1ccccc1O.Cc1cc(C)c(N2[CH-]N(c3c(C)cc(C)cc3C)CC2)c(C)c1.Oc1ccccc1[CH]=[Ru+]. The Morgan fingerprint density at radius 1 is 0.604 bits per heavy atom. The van der Waals surface area contributed by atoms with E-state index in [-0.39, 0.29) is 5.75 Å². The van der Waals surface area contributed by atoms with Crippen molar-refractivity contribution in [3.05, 3.63) is 153 Å². The predicted molar refractivity (Wildman–Crippen MR) is 224 cm³/mol. The molecule has 1 saturated heterocycles. The number of hydrogen-bond acceptors (Lipinski definition) is 5. The van der Waals surface area contributed by atoms with Crippen molar-refractivity contribution >= 4 is 27.9 Å². The second-order valence-corrected chi connectivity index (χ2v) is 15.1. The molecule has 53 heavy (non-hydrogen) atoms. The van der Waals surface area contributed by atoms with Crippen LogP contribution >= 0.6 is 0 Å². The molecule has 5 nitrogen and oxygen atoms in total. The molecule has 1 aliphatic rings. The van der Waals surface area contributed by atoms with E-state index in [0.29, 0.717) is 17.6 Å². The summed E-state index contributed by atoms with van der Waals surface area (Å²) in [5, 5.41) is 18.9. The molecule has 0 unspecified atom stereocenters. The van der Waals surface area contributed by atoms with E-state index in [1.54, 1.807) is 29.0 Å². The first kappa shape index (κ1) is 41.2. The Morgan fingerprint density at radius 2 is 1.00 bits per heavy atom. The zero-order valence-corrected chi connectivity index (χ0v) is 34.8. The minimum atomic E-state index is 0.259. The average Bonchev–Trinajstić information content (AvgIpc) is 3.56. The van der Waals surface area contributed by atoms with Crippen LogP contribution in [0, 0.1) is 48.2 Å². The molecule has 0 aromatic heterocycles. The topological polar surface area (TPSA) is 59.3 Å². The van der Waals surface area contributed by atoms with Gasteiger partial charge in [-0.25, -0.2) is 0 Å². The van der Waals surface area contributed by atoms with Gasteiger partial charge >= 0.3 is 63.1 Å². The summed E-state index contributed by atoms with van der Waals surface area (Å²) in [5.41, 5.74) is 16.0. The first-order valence-corrected chi connectivity index (χ1v) is 19.4. The quantitative estimate of drug-likeness (QED) is 0.0979. The van der Waals surface area contributed by atoms with E-state index in [4.69, 9.17) is 10.1 Å². The number of anilines is 2. The summed E-state index contributed by atoms with van der Waals surface area (Å²) in [7, 11) is 0. The van der Waals surface area contributed by atoms with Gasteiger partial charge in [-0.2, -0.15) is 6.67 Å². The van der Waals surface area contributed by atoms with Crippen molar-refractivity contribution in [2.75, 3.05) is 22.9 Å². The monoisotopic (exact) mass is 796 g/mol. The molecule has 0 amide bonds. The van der Waals surface area contributed by atoms with Crippen LogP contribution in [0.25, 0.3) is 0 Å². The molecule has 1 heterocycles. The number of nitrogens with zero attached hydrogens (tertiary/aromatic N) is 3. The average molecular weight is 796 g/mol. The van der Waals surface area contributed by atoms with Crippen molar-refractivity contribution in [2.24, 2.45) is 4.99 Å². The van der Waals surface area contributed by atoms with Gasteiger partial charge in [0.05, 0.1) is 5.69 Å². The molecule has 0 radical (unpaired) electrons. The second-order valence-electron chi connectivity index (χ2n) is 14.6. The van der Waals surface area contributed by atoms with Gasteiger partial charge in [-0.05, 0) is 98.9 Å². The number of aliphatic imine (C=N–C) groups is 1. The van der Waals surface area contributed by atoms with E-state index < -0.39 is 0 Å². The number of phenols is 2. The Labute approximate surface area is 328 Å². The van der Waals surface area contributed by atoms with Crippen LogP contribution in [0.5, 0.6) is 11.5 Å². The molecular formula is C47H56N3O2Ru. The van der Waals surface area contributed by atoms with E-state index in [2.05, 4.69) is 146 Å². The van der Waals surface area contributed by atoms with E-state index in [1.165, 1.54) is 55.9 Å². The normalized spacial score (nSPS) is 12.5. The molecule has 5 aromatic rings. The molecule has 0 spiro atoms. The molecule has 0 saturated carbocycles. The summed E-state index contributed by atoms with van der Waals surface area (Å²) in [4.78, 5) is 9.51. The van der Waals surface area contributed by atoms with Gasteiger partial charge < -0.3 is 14.9 Å². The van der Waals surface area contributed by atoms with Crippen LogP contribution in [-0.2, 0) is 17.9 Å². The fraction of sp³-hybridized carbons (Fsp3) is 0.298. The third-order valence-electron chi connectivity index (χ3n) is 9.36. The third-order valence-corrected chi connectivity index (χ3v) is 9.91. The maximum atomic E-state index is 9.85. The molecule has 279 valence electrons. The molecule has 0 aliphatic carbocycles. The van der Waals surface area contributed by atoms with Gasteiger partial charge in [-0.1, -0.05) is 93.4 Å². The van der Waals surface area contributed by atoms with Gasteiger partial charge in [-0.15, -0.1) is 0 Å². The van der Waals surface area contributed by atoms with Gasteiger partial charge in [0.25, 0.3) is 0 Å². The second kappa shape index (κ2) is 19.0. The van der Waals surface area contributed by atoms with Gasteiger partial charge in [0, 0.05) is 36.2 Å². The number of hydrogen-bond donors (Lipinski definition) is 2. The van der Waals surface area contributed by atoms with Crippen LogP contribution in [-0.4, -0.2) is 34.1 Å². The van der Waals surface area contributed by atoms with E-state index >= 15 is 0 Å². The van der Waals surface area contributed by atoms with E-state index in [9.17, 15) is 5.11 Å². The molecule has 0 atom stereocenters. The molecule has 2 N–H and O–H groups in total. The summed E-state index contributed by atoms with van der Waals surface area (Å²) in [6.45, 7) is 26.3. The van der Waals surface area contributed by atoms with Crippen LogP contribution < -0.4 is 9.80 Å². The first-order valence-electron chi connectivity index (χ1n) is 18.4. The van der Waals surface area contributed by atoms with Crippen molar-refractivity contribution in [1.82, 2.24) is 0 Å². The van der Waals surface area contributed by atoms with Crippen molar-refractivity contribution in [3.8, 4) is 11.5 Å². The summed E-state index contributed by atoms with van der Waals surface area (Å²) >= 11 is 2.36. The molecule has 0 bridgehead atoms. The number of aromatic hydroxyl groups is 2. The number of rotatable bonds is 7. The molecular weight excluding hydrogens is 740 g/mol. The third kappa shape index (κ3) is 10.8. The van der Waals surface area contributed by atoms with Crippen LogP contribution in [0.1, 0.15) is 95.2 Å². The van der Waals surface area contributed by atoms with E-state index in [1.807, 2.05) is 30.3 Å². The van der Waals surface area contributed by atoms with E-state index in [0.717, 1.165) is 29.9 Å². The summed E-state index contributed by atoms with van der Waals surface area (Å²) in [6.07, 6.45) is 1.75. The zero-order chi connectivity index (χ0) is 38.8. The number of benzene rings is 5. The first-order chi connectivity index (χ1) is 25.2. The van der Waals surface area contributed by atoms with Gasteiger partial charge in [0.1, 0.15) is 5.75 Å². The fourth-order valence-electron chi connectivity index (χ4n) is 7.05. The minimum absolute atomic E-state index is 0.259. The number of para-hydroxylation sites is 3. The van der Waals surface area contributed by atoms with Crippen molar-refractivity contribution in [1.29, 1.82) is 0 Å². The Hall–Kier alpha value is -4.54. The zero-order valence-electron chi connectivity index (χ0n) is 33.1. The molecule has 1 aliphatic heterocycles. The standard InChI is InChI=1S/C21H27N2.C19H23NO.C7H6O.Ru/c1-14-9-16(3)20(17(4)10-14)22-7-8-23(13-22)21-18(5)11-15(2)12-19(21)6;1-13(2)16-9-7-10-17(14(3)4)19(16)20-12-15-8-5-6-11-18(15)21;1-6-4-2-3-5-7(6)8;/h9-13H,7-8H2,1-6H3;5-14,21H,1-4H3;1-5,8H;/q-1;;;+1. The summed E-state index contributed by atoms with van der Waals surface area (Å²) in [6, 6.07) is 29.9. The fourth-order valence-corrected chi connectivity index (χ4v) is 7.48. The Kier molecular flexibility index (Phi) is 14.8. The molecule has 5 aromatic carbocycles. The van der Waals surface area contributed by atoms with Gasteiger partial charge in [0.15, 0.2) is 0 Å². The van der Waals surface area contributed by atoms with Crippen molar-refractivity contribution in [2.45, 2.75) is 81.1 Å². The van der Waals surface area contributed by atoms with Crippen molar-refractivity contribution in [3.63, 3.8) is 0 Å². The maximum absolute atomic E-state index is 9.85. The Morgan fingerprint density at radius 3 is 1.36 bits per heavy atom. The Bertz CT molecular complexity index is 1910. The van der Waals surface area contributed by atoms with Crippen molar-refractivity contribution < 1.29 is 28.1 Å². The number of phenolic OH excluding ortho intramolecular Hbond substituents is 2. The van der Waals surface area contributed by atoms with Crippen LogP contribution in [0.3, 0.4) is 0 Å².